The maximum Gasteiger partial charge on any atom is 0.233 e. The van der Waals surface area contributed by atoms with E-state index in [0.717, 1.165) is 50.6 Å². The lowest BCUT2D eigenvalue weighted by molar-refractivity contribution is -0.140. The van der Waals surface area contributed by atoms with Crippen molar-refractivity contribution >= 4 is 34.2 Å². The van der Waals surface area contributed by atoms with Crippen LogP contribution in [0.2, 0.25) is 0 Å². The van der Waals surface area contributed by atoms with Gasteiger partial charge in [0.2, 0.25) is 17.7 Å². The van der Waals surface area contributed by atoms with E-state index in [1.165, 1.54) is 21.1 Å². The minimum atomic E-state index is -0.183. The number of aryl methyl sites for hydroxylation is 2. The first-order valence-electron chi connectivity index (χ1n) is 8.77. The fraction of sp³-hybridized carbons (Fsp3) is 0.647. The summed E-state index contributed by atoms with van der Waals surface area (Å²) < 4.78 is 0. The van der Waals surface area contributed by atoms with Gasteiger partial charge in [-0.3, -0.25) is 19.3 Å². The number of nitrogens with zero attached hydrogens (tertiary/aromatic N) is 2. The molecule has 2 unspecified atom stereocenters. The molecule has 7 heteroatoms. The van der Waals surface area contributed by atoms with E-state index in [4.69, 9.17) is 0 Å². The Labute approximate surface area is 144 Å². The Morgan fingerprint density at radius 1 is 1.12 bits per heavy atom. The van der Waals surface area contributed by atoms with E-state index in [1.54, 1.807) is 0 Å². The van der Waals surface area contributed by atoms with Crippen molar-refractivity contribution in [2.24, 2.45) is 11.8 Å². The third-order valence-corrected chi connectivity index (χ3v) is 6.41. The van der Waals surface area contributed by atoms with E-state index in [1.807, 2.05) is 0 Å². The van der Waals surface area contributed by atoms with Crippen molar-refractivity contribution in [1.82, 2.24) is 9.88 Å². The van der Waals surface area contributed by atoms with Gasteiger partial charge in [0.05, 0.1) is 17.5 Å². The predicted molar refractivity (Wildman–Crippen MR) is 89.6 cm³/mol. The largest absolute Gasteiger partial charge is 0.302 e. The van der Waals surface area contributed by atoms with E-state index in [2.05, 4.69) is 10.3 Å². The average molecular weight is 347 g/mol. The van der Waals surface area contributed by atoms with Crippen LogP contribution in [0.4, 0.5) is 5.13 Å². The molecule has 0 aromatic carbocycles. The van der Waals surface area contributed by atoms with Crippen LogP contribution in [0.1, 0.15) is 49.1 Å². The van der Waals surface area contributed by atoms with Crippen LogP contribution in [0.3, 0.4) is 0 Å². The van der Waals surface area contributed by atoms with E-state index in [9.17, 15) is 14.4 Å². The second kappa shape index (κ2) is 6.27. The maximum absolute atomic E-state index is 12.4. The molecule has 128 valence electrons. The van der Waals surface area contributed by atoms with Crippen LogP contribution in [-0.2, 0) is 27.2 Å². The molecular formula is C17H21N3O3S. The molecule has 4 rings (SSSR count). The number of hydrogen-bond donors (Lipinski definition) is 1. The number of amides is 3. The summed E-state index contributed by atoms with van der Waals surface area (Å²) in [5, 5.41) is 3.44. The number of hydrogen-bond acceptors (Lipinski definition) is 5. The number of carbonyl (C=O) groups is 3. The molecule has 0 spiro atoms. The normalized spacial score (nSPS) is 25.8. The highest BCUT2D eigenvalue weighted by Crippen LogP contribution is 2.38. The molecule has 2 aliphatic carbocycles. The predicted octanol–water partition coefficient (Wildman–Crippen LogP) is 2.14. The summed E-state index contributed by atoms with van der Waals surface area (Å²) in [6, 6.07) is 0. The van der Waals surface area contributed by atoms with Crippen molar-refractivity contribution in [2.75, 3.05) is 11.9 Å². The second-order valence-electron chi connectivity index (χ2n) is 6.87. The van der Waals surface area contributed by atoms with Gasteiger partial charge in [0.1, 0.15) is 0 Å². The Kier molecular flexibility index (Phi) is 4.12. The average Bonchev–Trinajstić information content (AvgIpc) is 3.21. The van der Waals surface area contributed by atoms with Gasteiger partial charge in [0, 0.05) is 17.8 Å². The Morgan fingerprint density at radius 3 is 2.50 bits per heavy atom. The van der Waals surface area contributed by atoms with Crippen molar-refractivity contribution < 1.29 is 14.4 Å². The zero-order valence-corrected chi connectivity index (χ0v) is 14.4. The van der Waals surface area contributed by atoms with Gasteiger partial charge in [0.25, 0.3) is 0 Å². The molecule has 24 heavy (non-hydrogen) atoms. The summed E-state index contributed by atoms with van der Waals surface area (Å²) in [6.45, 7) is 0.182. The molecule has 2 heterocycles. The van der Waals surface area contributed by atoms with Gasteiger partial charge in [-0.15, -0.1) is 11.3 Å². The van der Waals surface area contributed by atoms with Crippen LogP contribution in [-0.4, -0.2) is 34.2 Å². The molecule has 0 radical (unpaired) electrons. The molecule has 1 saturated heterocycles. The number of thiazole rings is 1. The summed E-state index contributed by atoms with van der Waals surface area (Å²) in [7, 11) is 0. The highest BCUT2D eigenvalue weighted by molar-refractivity contribution is 7.15. The van der Waals surface area contributed by atoms with Crippen molar-refractivity contribution in [3.63, 3.8) is 0 Å². The fourth-order valence-corrected chi connectivity index (χ4v) is 5.16. The quantitative estimate of drug-likeness (QED) is 0.846. The number of imide groups is 1. The highest BCUT2D eigenvalue weighted by atomic mass is 32.1. The number of likely N-dealkylation sites (tertiary alicyclic amines) is 1. The van der Waals surface area contributed by atoms with Gasteiger partial charge in [-0.05, 0) is 32.1 Å². The lowest BCUT2D eigenvalue weighted by Crippen LogP contribution is -2.34. The van der Waals surface area contributed by atoms with Crippen LogP contribution in [0, 0.1) is 11.8 Å². The standard InChI is InChI=1S/C17H21N3O3S/c21-14(19-17-18-12-6-3-7-13(12)24-17)8-9-20-15(22)10-4-1-2-5-11(10)16(20)23/h10-11H,1-9H2,(H,18,19,21). The summed E-state index contributed by atoms with van der Waals surface area (Å²) >= 11 is 1.54. The minimum absolute atomic E-state index is 0.0780. The van der Waals surface area contributed by atoms with Crippen molar-refractivity contribution in [2.45, 2.75) is 51.4 Å². The number of fused-ring (bicyclic) bond motifs is 2. The van der Waals surface area contributed by atoms with Crippen LogP contribution >= 0.6 is 11.3 Å². The smallest absolute Gasteiger partial charge is 0.233 e. The maximum atomic E-state index is 12.4. The summed E-state index contributed by atoms with van der Waals surface area (Å²) in [5.74, 6) is -0.623. The van der Waals surface area contributed by atoms with Crippen molar-refractivity contribution in [1.29, 1.82) is 0 Å². The first-order chi connectivity index (χ1) is 11.6. The zero-order chi connectivity index (χ0) is 16.7. The number of nitrogens with one attached hydrogen (secondary N) is 1. The molecule has 1 aliphatic heterocycles. The number of anilines is 1. The van der Waals surface area contributed by atoms with Gasteiger partial charge in [-0.2, -0.15) is 0 Å². The third-order valence-electron chi connectivity index (χ3n) is 5.34. The Morgan fingerprint density at radius 2 is 1.83 bits per heavy atom. The van der Waals surface area contributed by atoms with Crippen molar-refractivity contribution in [3.05, 3.63) is 10.6 Å². The molecule has 2 atom stereocenters. The summed E-state index contributed by atoms with van der Waals surface area (Å²) in [4.78, 5) is 43.9. The molecule has 1 aromatic rings. The fourth-order valence-electron chi connectivity index (χ4n) is 4.09. The Hall–Kier alpha value is -1.76. The zero-order valence-electron chi connectivity index (χ0n) is 13.5. The molecular weight excluding hydrogens is 326 g/mol. The van der Waals surface area contributed by atoms with Gasteiger partial charge >= 0.3 is 0 Å². The molecule has 3 aliphatic rings. The number of rotatable bonds is 4. The Balaban J connectivity index is 1.33. The minimum Gasteiger partial charge on any atom is -0.302 e. The van der Waals surface area contributed by atoms with Crippen LogP contribution in [0.15, 0.2) is 0 Å². The van der Waals surface area contributed by atoms with Crippen LogP contribution in [0.25, 0.3) is 0 Å². The molecule has 2 fully saturated rings. The van der Waals surface area contributed by atoms with Gasteiger partial charge in [0.15, 0.2) is 5.13 Å². The van der Waals surface area contributed by atoms with Crippen LogP contribution < -0.4 is 5.32 Å². The second-order valence-corrected chi connectivity index (χ2v) is 7.95. The van der Waals surface area contributed by atoms with E-state index in [0.29, 0.717) is 5.13 Å². The topological polar surface area (TPSA) is 79.4 Å². The molecule has 1 saturated carbocycles. The molecule has 1 N–H and O–H groups in total. The lowest BCUT2D eigenvalue weighted by Gasteiger charge is -2.19. The first kappa shape index (κ1) is 15.7. The van der Waals surface area contributed by atoms with Gasteiger partial charge in [-0.1, -0.05) is 12.8 Å². The van der Waals surface area contributed by atoms with E-state index in [-0.39, 0.29) is 42.5 Å². The van der Waals surface area contributed by atoms with Gasteiger partial charge < -0.3 is 5.32 Å². The van der Waals surface area contributed by atoms with Crippen LogP contribution in [0.5, 0.6) is 0 Å². The van der Waals surface area contributed by atoms with Crippen molar-refractivity contribution in [3.8, 4) is 0 Å². The first-order valence-corrected chi connectivity index (χ1v) is 9.59. The summed E-state index contributed by atoms with van der Waals surface area (Å²) in [5.41, 5.74) is 1.10. The number of carbonyl (C=O) groups excluding carboxylic acids is 3. The number of aromatic nitrogens is 1. The molecule has 0 bridgehead atoms. The molecule has 1 aromatic heterocycles. The van der Waals surface area contributed by atoms with E-state index < -0.39 is 0 Å². The lowest BCUT2D eigenvalue weighted by atomic mass is 9.81. The highest BCUT2D eigenvalue weighted by Gasteiger charge is 2.47. The monoisotopic (exact) mass is 347 g/mol. The SMILES string of the molecule is O=C(CCN1C(=O)C2CCCCC2C1=O)Nc1nc2c(s1)CCC2. The molecule has 6 nitrogen and oxygen atoms in total. The van der Waals surface area contributed by atoms with E-state index >= 15 is 0 Å². The molecule has 3 amide bonds. The van der Waals surface area contributed by atoms with Gasteiger partial charge in [-0.25, -0.2) is 4.98 Å². The third kappa shape index (κ3) is 2.75. The summed E-state index contributed by atoms with van der Waals surface area (Å²) in [6.07, 6.45) is 6.96. The Bertz CT molecular complexity index is 654.